The van der Waals surface area contributed by atoms with E-state index in [1.54, 1.807) is 48.5 Å². The van der Waals surface area contributed by atoms with Crippen LogP contribution in [0, 0.1) is 0 Å². The quantitative estimate of drug-likeness (QED) is 0.157. The van der Waals surface area contributed by atoms with Crippen molar-refractivity contribution in [2.24, 2.45) is 25.0 Å². The fourth-order valence-electron chi connectivity index (χ4n) is 17.6. The van der Waals surface area contributed by atoms with Gasteiger partial charge in [0.1, 0.15) is 91.2 Å². The van der Waals surface area contributed by atoms with Crippen molar-refractivity contribution in [1.82, 2.24) is 29.9 Å². The summed E-state index contributed by atoms with van der Waals surface area (Å²) in [5.74, 6) is 5.42. The fourth-order valence-corrected chi connectivity index (χ4v) is 18.9. The normalized spacial score (nSPS) is 23.2. The third kappa shape index (κ3) is 15.2. The maximum Gasteiger partial charge on any atom is 0.183 e. The van der Waals surface area contributed by atoms with Gasteiger partial charge in [-0.25, -0.2) is 54.9 Å². The van der Waals surface area contributed by atoms with Gasteiger partial charge in [0.15, 0.2) is 29.5 Å². The van der Waals surface area contributed by atoms with Crippen LogP contribution in [0.1, 0.15) is 136 Å². The lowest BCUT2D eigenvalue weighted by atomic mass is 9.76. The second-order valence-electron chi connectivity index (χ2n) is 29.9. The topological polar surface area (TPSA) is 215 Å². The van der Waals surface area contributed by atoms with E-state index in [9.17, 15) is 5.11 Å². The number of thiophene rings is 2. The van der Waals surface area contributed by atoms with Gasteiger partial charge in [-0.3, -0.25) is 0 Å². The highest BCUT2D eigenvalue weighted by Gasteiger charge is 2.45. The fraction of sp³-hybridized carbons (Fsp3) is 0.375. The molecule has 0 bridgehead atoms. The van der Waals surface area contributed by atoms with E-state index < -0.39 is 0 Å². The Morgan fingerprint density at radius 3 is 1.08 bits per heavy atom. The number of phenols is 1. The number of hydrogen-bond donors (Lipinski definition) is 1. The van der Waals surface area contributed by atoms with Crippen LogP contribution >= 0.6 is 22.7 Å². The summed E-state index contributed by atoms with van der Waals surface area (Å²) in [6.07, 6.45) is 31.4. The lowest BCUT2D eigenvalue weighted by Gasteiger charge is -2.32. The van der Waals surface area contributed by atoms with Crippen molar-refractivity contribution in [1.29, 1.82) is 0 Å². The lowest BCUT2D eigenvalue weighted by Crippen LogP contribution is -2.36. The molecule has 5 aromatic carbocycles. The molecule has 20 rings (SSSR count). The SMILES string of the molecule is C.CC1=NC2(CCc3c(-c4cncnc4)ccc(O)c3C2)CO1.CC1=N[C@@]2(CCc3c(cccc3-c3ccsc3)C2)CO1.CC1=N[C@]2(CCc3c(cccc3-c3ccsc3)C2)CO1.CCC1=NC2(CCc3c(cccc3-c3cncnc3)C2)CO1.COc1ccc(-c2cncnc2)c2c1CC1(CC2)COC(C)=N1. The Balaban J connectivity index is 0.000000108. The Morgan fingerprint density at radius 2 is 0.722 bits per heavy atom. The summed E-state index contributed by atoms with van der Waals surface area (Å²) in [7, 11) is 1.72. The number of nitrogens with zero attached hydrogens (tertiary/aromatic N) is 11. The summed E-state index contributed by atoms with van der Waals surface area (Å²) >= 11 is 3.52. The average Bonchev–Trinajstić information content (AvgIpc) is 1.80. The van der Waals surface area contributed by atoms with Gasteiger partial charge in [-0.15, -0.1) is 0 Å². The Hall–Kier alpha value is -10.3. The number of aromatic hydroxyl groups is 1. The molecular weight excluding hydrogens is 1390 g/mol. The maximum atomic E-state index is 10.3. The lowest BCUT2D eigenvalue weighted by molar-refractivity contribution is 0.234. The van der Waals surface area contributed by atoms with Crippen LogP contribution in [0.5, 0.6) is 11.5 Å². The minimum Gasteiger partial charge on any atom is -0.508 e. The number of fused-ring (bicyclic) bond motifs is 5. The number of aliphatic imine (C=N–C) groups is 5. The first-order valence-corrected chi connectivity index (χ1v) is 39.2. The van der Waals surface area contributed by atoms with E-state index in [-0.39, 0.29) is 35.1 Å². The summed E-state index contributed by atoms with van der Waals surface area (Å²) in [5.41, 5.74) is 25.3. The maximum absolute atomic E-state index is 10.3. The molecule has 1 N–H and O–H groups in total. The smallest absolute Gasteiger partial charge is 0.183 e. The summed E-state index contributed by atoms with van der Waals surface area (Å²) in [6.45, 7) is 13.4. The minimum atomic E-state index is -0.208. The predicted octanol–water partition coefficient (Wildman–Crippen LogP) is 17.4. The molecule has 5 aromatic heterocycles. The molecule has 10 aliphatic rings. The zero-order chi connectivity index (χ0) is 73.2. The van der Waals surface area contributed by atoms with Crippen molar-refractivity contribution in [2.45, 2.75) is 172 Å². The van der Waals surface area contributed by atoms with Crippen LogP contribution in [0.3, 0.4) is 0 Å². The molecule has 0 fully saturated rings. The van der Waals surface area contributed by atoms with Crippen molar-refractivity contribution in [3.63, 3.8) is 0 Å². The molecular formula is C88H93N11O7S2. The number of rotatable bonds is 7. The molecule has 10 heterocycles. The molecule has 0 amide bonds. The molecule has 0 saturated carbocycles. The monoisotopic (exact) mass is 1480 g/mol. The van der Waals surface area contributed by atoms with Crippen LogP contribution in [-0.2, 0) is 87.9 Å². The molecule has 5 aliphatic carbocycles. The highest BCUT2D eigenvalue weighted by atomic mass is 32.1. The Kier molecular flexibility index (Phi) is 21.1. The zero-order valence-corrected chi connectivity index (χ0v) is 63.3. The Bertz CT molecular complexity index is 4950. The van der Waals surface area contributed by atoms with Gasteiger partial charge in [0.2, 0.25) is 0 Å². The predicted molar refractivity (Wildman–Crippen MR) is 431 cm³/mol. The minimum absolute atomic E-state index is 0. The van der Waals surface area contributed by atoms with Gasteiger partial charge in [0.25, 0.3) is 0 Å². The molecule has 5 atom stereocenters. The molecule has 0 saturated heterocycles. The van der Waals surface area contributed by atoms with E-state index >= 15 is 0 Å². The third-order valence-corrected chi connectivity index (χ3v) is 24.2. The van der Waals surface area contributed by atoms with Crippen LogP contribution in [0.4, 0.5) is 0 Å². The highest BCUT2D eigenvalue weighted by Crippen LogP contribution is 2.47. The third-order valence-electron chi connectivity index (χ3n) is 22.8. The molecule has 10 aromatic rings. The second kappa shape index (κ2) is 31.1. The van der Waals surface area contributed by atoms with Crippen LogP contribution in [-0.4, -0.2) is 132 Å². The molecule has 5 spiro atoms. The Morgan fingerprint density at radius 1 is 0.380 bits per heavy atom. The van der Waals surface area contributed by atoms with Gasteiger partial charge in [0, 0.05) is 131 Å². The van der Waals surface area contributed by atoms with Crippen LogP contribution in [0.15, 0.2) is 194 Å². The molecule has 18 nitrogen and oxygen atoms in total. The number of phenolic OH excluding ortho intramolecular Hbond substituents is 1. The first-order valence-electron chi connectivity index (χ1n) is 37.3. The van der Waals surface area contributed by atoms with Gasteiger partial charge in [-0.1, -0.05) is 81.1 Å². The van der Waals surface area contributed by atoms with E-state index in [2.05, 4.69) is 136 Å². The number of aromatic nitrogens is 6. The second-order valence-corrected chi connectivity index (χ2v) is 31.5. The molecule has 20 heteroatoms. The summed E-state index contributed by atoms with van der Waals surface area (Å²) in [5, 5.41) is 19.1. The van der Waals surface area contributed by atoms with Gasteiger partial charge in [0.05, 0.1) is 7.11 Å². The van der Waals surface area contributed by atoms with Crippen molar-refractivity contribution in [3.05, 3.63) is 224 Å². The van der Waals surface area contributed by atoms with Gasteiger partial charge >= 0.3 is 0 Å². The average molecular weight is 1480 g/mol. The number of hydrogen-bond acceptors (Lipinski definition) is 20. The van der Waals surface area contributed by atoms with E-state index in [1.165, 1.54) is 89.8 Å². The van der Waals surface area contributed by atoms with Gasteiger partial charge in [-0.2, -0.15) is 22.7 Å². The molecule has 0 radical (unpaired) electrons. The van der Waals surface area contributed by atoms with Gasteiger partial charge in [-0.05, 0) is 193 Å². The molecule has 3 unspecified atom stereocenters. The largest absolute Gasteiger partial charge is 0.508 e. The van der Waals surface area contributed by atoms with E-state index in [0.29, 0.717) is 25.4 Å². The summed E-state index contributed by atoms with van der Waals surface area (Å²) < 4.78 is 33.8. The highest BCUT2D eigenvalue weighted by molar-refractivity contribution is 7.08. The summed E-state index contributed by atoms with van der Waals surface area (Å²) in [4.78, 5) is 48.6. The van der Waals surface area contributed by atoms with Crippen LogP contribution in [0.2, 0.25) is 0 Å². The number of methoxy groups -OCH3 is 1. The van der Waals surface area contributed by atoms with Crippen molar-refractivity contribution >= 4 is 52.2 Å². The summed E-state index contributed by atoms with van der Waals surface area (Å²) in [6, 6.07) is 32.2. The van der Waals surface area contributed by atoms with Crippen LogP contribution in [0.25, 0.3) is 55.6 Å². The van der Waals surface area contributed by atoms with Crippen molar-refractivity contribution < 1.29 is 33.5 Å². The van der Waals surface area contributed by atoms with E-state index in [0.717, 1.165) is 179 Å². The number of benzene rings is 5. The molecule has 554 valence electrons. The first-order chi connectivity index (χ1) is 52.2. The number of ether oxygens (including phenoxy) is 6. The van der Waals surface area contributed by atoms with Gasteiger partial charge < -0.3 is 33.5 Å². The zero-order valence-electron chi connectivity index (χ0n) is 61.6. The van der Waals surface area contributed by atoms with E-state index in [4.69, 9.17) is 48.4 Å². The molecule has 108 heavy (non-hydrogen) atoms. The van der Waals surface area contributed by atoms with Crippen molar-refractivity contribution in [3.8, 4) is 67.1 Å². The molecule has 5 aliphatic heterocycles. The first kappa shape index (κ1) is 73.2. The Labute approximate surface area is 640 Å². The van der Waals surface area contributed by atoms with Crippen molar-refractivity contribution in [2.75, 3.05) is 40.1 Å². The van der Waals surface area contributed by atoms with Crippen LogP contribution < -0.4 is 4.74 Å². The standard InChI is InChI=1S/C18H19N3O2.C18H19N3O.C17H17N3O2.2C17H17NOS.CH4/c1-12-21-18(10-23-12)6-5-15-14(13-8-19-11-20-9-13)3-4-17(22-2)16(15)7-18;1-2-17-21-18(11-22-17)7-6-16-13(8-18)4-3-5-15(16)14-9-19-12-20-10-14;1-11-20-17(9-22-11)5-4-14-13(12-7-18-10-19-8-12)2-3-16(21)15(14)6-17;2*1-12-18-17(11-19-12)7-5-16-13(9-17)3-2-4-15(16)14-6-8-20-10-14;/h3-4,8-9,11H,5-7,10H2,1-2H3;3-5,9-10,12H,2,6-8,11H2,1H3;2-3,7-8,10,21H,4-6,9H2,1H3;2*2-4,6,8,10H,5,7,9,11H2,1H3;1H4/t;;;2*17-;/m...10./s1. The van der Waals surface area contributed by atoms with E-state index in [1.807, 2.05) is 77.0 Å².